The molecule has 0 bridgehead atoms. The summed E-state index contributed by atoms with van der Waals surface area (Å²) in [5.74, 6) is -0.424. The summed E-state index contributed by atoms with van der Waals surface area (Å²) in [5, 5.41) is 8.70. The molecule has 0 atom stereocenters. The van der Waals surface area contributed by atoms with Crippen LogP contribution in [0.25, 0.3) is 0 Å². The van der Waals surface area contributed by atoms with Gasteiger partial charge in [0.2, 0.25) is 0 Å². The number of ether oxygens (including phenoxy) is 1. The van der Waals surface area contributed by atoms with E-state index in [1.165, 1.54) is 6.20 Å². The molecule has 0 aliphatic heterocycles. The van der Waals surface area contributed by atoms with Gasteiger partial charge in [0.1, 0.15) is 0 Å². The lowest BCUT2D eigenvalue weighted by atomic mass is 10.1. The first-order chi connectivity index (χ1) is 7.67. The van der Waals surface area contributed by atoms with Crippen molar-refractivity contribution in [2.24, 2.45) is 0 Å². The molecule has 0 N–H and O–H groups in total. The number of hydrogen-bond acceptors (Lipinski definition) is 4. The zero-order chi connectivity index (χ0) is 12.0. The smallest absolute Gasteiger partial charge is 0.333 e. The second-order valence-electron chi connectivity index (χ2n) is 3.15. The SMILES string of the molecule is C=C(Cc1cc(C#N)ccn1)C(=O)OCC. The van der Waals surface area contributed by atoms with Gasteiger partial charge in [0, 0.05) is 23.9 Å². The highest BCUT2D eigenvalue weighted by Crippen LogP contribution is 2.07. The molecule has 0 saturated heterocycles. The summed E-state index contributed by atoms with van der Waals surface area (Å²) in [5.41, 5.74) is 1.49. The molecule has 4 nitrogen and oxygen atoms in total. The molecular weight excluding hydrogens is 204 g/mol. The minimum atomic E-state index is -0.424. The first-order valence-corrected chi connectivity index (χ1v) is 4.87. The number of pyridine rings is 1. The van der Waals surface area contributed by atoms with Gasteiger partial charge in [0.15, 0.2) is 0 Å². The van der Waals surface area contributed by atoms with Gasteiger partial charge in [-0.25, -0.2) is 4.79 Å². The lowest BCUT2D eigenvalue weighted by Gasteiger charge is -2.04. The molecule has 4 heteroatoms. The average molecular weight is 216 g/mol. The van der Waals surface area contributed by atoms with Crippen LogP contribution < -0.4 is 0 Å². The zero-order valence-electron chi connectivity index (χ0n) is 9.06. The van der Waals surface area contributed by atoms with Crippen molar-refractivity contribution in [1.82, 2.24) is 4.98 Å². The van der Waals surface area contributed by atoms with Crippen molar-refractivity contribution in [2.45, 2.75) is 13.3 Å². The number of nitrogens with zero attached hydrogens (tertiary/aromatic N) is 2. The van der Waals surface area contributed by atoms with E-state index in [4.69, 9.17) is 10.00 Å². The van der Waals surface area contributed by atoms with Crippen LogP contribution in [-0.4, -0.2) is 17.6 Å². The van der Waals surface area contributed by atoms with E-state index in [9.17, 15) is 4.79 Å². The van der Waals surface area contributed by atoms with Gasteiger partial charge in [-0.2, -0.15) is 5.26 Å². The Kier molecular flexibility index (Phi) is 4.22. The van der Waals surface area contributed by atoms with Crippen LogP contribution in [-0.2, 0) is 16.0 Å². The van der Waals surface area contributed by atoms with Crippen LogP contribution in [0.5, 0.6) is 0 Å². The molecule has 0 aromatic carbocycles. The van der Waals surface area contributed by atoms with E-state index in [2.05, 4.69) is 11.6 Å². The van der Waals surface area contributed by atoms with E-state index in [0.29, 0.717) is 29.9 Å². The van der Waals surface area contributed by atoms with E-state index < -0.39 is 5.97 Å². The Morgan fingerprint density at radius 1 is 1.69 bits per heavy atom. The molecule has 0 radical (unpaired) electrons. The normalized spacial score (nSPS) is 9.25. The van der Waals surface area contributed by atoms with Crippen LogP contribution in [0.4, 0.5) is 0 Å². The topological polar surface area (TPSA) is 63.0 Å². The minimum absolute atomic E-state index is 0.300. The largest absolute Gasteiger partial charge is 0.463 e. The van der Waals surface area contributed by atoms with Gasteiger partial charge in [-0.05, 0) is 19.1 Å². The van der Waals surface area contributed by atoms with Crippen LogP contribution in [0.15, 0.2) is 30.5 Å². The van der Waals surface area contributed by atoms with Crippen LogP contribution in [0, 0.1) is 11.3 Å². The summed E-state index contributed by atoms with van der Waals surface area (Å²) in [7, 11) is 0. The van der Waals surface area contributed by atoms with E-state index in [1.54, 1.807) is 19.1 Å². The number of carbonyl (C=O) groups is 1. The monoisotopic (exact) mass is 216 g/mol. The van der Waals surface area contributed by atoms with Gasteiger partial charge in [0.05, 0.1) is 18.2 Å². The highest BCUT2D eigenvalue weighted by molar-refractivity contribution is 5.88. The summed E-state index contributed by atoms with van der Waals surface area (Å²) >= 11 is 0. The van der Waals surface area contributed by atoms with Crippen molar-refractivity contribution in [1.29, 1.82) is 5.26 Å². The highest BCUT2D eigenvalue weighted by Gasteiger charge is 2.09. The maximum atomic E-state index is 11.3. The average Bonchev–Trinajstić information content (AvgIpc) is 2.29. The number of esters is 1. The molecule has 0 spiro atoms. The van der Waals surface area contributed by atoms with E-state index in [-0.39, 0.29) is 0 Å². The molecule has 1 aromatic rings. The van der Waals surface area contributed by atoms with Crippen molar-refractivity contribution in [2.75, 3.05) is 6.61 Å². The standard InChI is InChI=1S/C12H12N2O2/c1-3-16-12(15)9(2)6-11-7-10(8-13)4-5-14-11/h4-5,7H,2-3,6H2,1H3. The maximum absolute atomic E-state index is 11.3. The lowest BCUT2D eigenvalue weighted by Crippen LogP contribution is -2.09. The van der Waals surface area contributed by atoms with Gasteiger partial charge in [-0.15, -0.1) is 0 Å². The molecule has 0 saturated carbocycles. The number of nitriles is 1. The second-order valence-corrected chi connectivity index (χ2v) is 3.15. The Hall–Kier alpha value is -2.15. The van der Waals surface area contributed by atoms with Gasteiger partial charge in [-0.1, -0.05) is 6.58 Å². The molecule has 82 valence electrons. The Bertz CT molecular complexity index is 447. The van der Waals surface area contributed by atoms with E-state index in [1.807, 2.05) is 6.07 Å². The maximum Gasteiger partial charge on any atom is 0.333 e. The quantitative estimate of drug-likeness (QED) is 0.566. The van der Waals surface area contributed by atoms with Crippen LogP contribution in [0.1, 0.15) is 18.2 Å². The van der Waals surface area contributed by atoms with Crippen LogP contribution in [0.3, 0.4) is 0 Å². The Labute approximate surface area is 94.2 Å². The molecule has 1 rings (SSSR count). The van der Waals surface area contributed by atoms with Gasteiger partial charge >= 0.3 is 5.97 Å². The molecular formula is C12H12N2O2. The molecule has 1 heterocycles. The number of aromatic nitrogens is 1. The van der Waals surface area contributed by atoms with Crippen LogP contribution >= 0.6 is 0 Å². The predicted octanol–water partition coefficient (Wildman–Crippen LogP) is 1.62. The summed E-state index contributed by atoms with van der Waals surface area (Å²) < 4.78 is 4.80. The first kappa shape index (κ1) is 11.9. The molecule has 0 unspecified atom stereocenters. The van der Waals surface area contributed by atoms with Crippen LogP contribution in [0.2, 0.25) is 0 Å². The summed E-state index contributed by atoms with van der Waals surface area (Å²) in [6.07, 6.45) is 1.83. The van der Waals surface area contributed by atoms with E-state index in [0.717, 1.165) is 0 Å². The van der Waals surface area contributed by atoms with Crippen molar-refractivity contribution < 1.29 is 9.53 Å². The van der Waals surface area contributed by atoms with Gasteiger partial charge in [0.25, 0.3) is 0 Å². The number of rotatable bonds is 4. The van der Waals surface area contributed by atoms with Crippen molar-refractivity contribution in [3.63, 3.8) is 0 Å². The highest BCUT2D eigenvalue weighted by atomic mass is 16.5. The third kappa shape index (κ3) is 3.21. The Morgan fingerprint density at radius 2 is 2.44 bits per heavy atom. The van der Waals surface area contributed by atoms with Gasteiger partial charge < -0.3 is 4.74 Å². The second kappa shape index (κ2) is 5.66. The van der Waals surface area contributed by atoms with Crippen molar-refractivity contribution in [3.05, 3.63) is 41.7 Å². The van der Waals surface area contributed by atoms with Gasteiger partial charge in [-0.3, -0.25) is 4.98 Å². The minimum Gasteiger partial charge on any atom is -0.463 e. The summed E-state index contributed by atoms with van der Waals surface area (Å²) in [6.45, 7) is 5.69. The number of hydrogen-bond donors (Lipinski definition) is 0. The first-order valence-electron chi connectivity index (χ1n) is 4.87. The Balaban J connectivity index is 2.70. The Morgan fingerprint density at radius 3 is 3.06 bits per heavy atom. The molecule has 0 aliphatic carbocycles. The molecule has 16 heavy (non-hydrogen) atoms. The fourth-order valence-electron chi connectivity index (χ4n) is 1.17. The third-order valence-electron chi connectivity index (χ3n) is 1.90. The fraction of sp³-hybridized carbons (Fsp3) is 0.250. The summed E-state index contributed by atoms with van der Waals surface area (Å²) in [6, 6.07) is 5.25. The predicted molar refractivity (Wildman–Crippen MR) is 58.4 cm³/mol. The van der Waals surface area contributed by atoms with Crippen molar-refractivity contribution in [3.8, 4) is 6.07 Å². The zero-order valence-corrected chi connectivity index (χ0v) is 9.06. The molecule has 0 fully saturated rings. The van der Waals surface area contributed by atoms with E-state index >= 15 is 0 Å². The molecule has 0 amide bonds. The number of carbonyl (C=O) groups excluding carboxylic acids is 1. The van der Waals surface area contributed by atoms with Crippen molar-refractivity contribution >= 4 is 5.97 Å². The third-order valence-corrected chi connectivity index (χ3v) is 1.90. The molecule has 0 aliphatic rings. The fourth-order valence-corrected chi connectivity index (χ4v) is 1.17. The summed E-state index contributed by atoms with van der Waals surface area (Å²) in [4.78, 5) is 15.3. The lowest BCUT2D eigenvalue weighted by molar-refractivity contribution is -0.138. The molecule has 1 aromatic heterocycles.